The van der Waals surface area contributed by atoms with Crippen LogP contribution in [-0.4, -0.2) is 68.8 Å². The summed E-state index contributed by atoms with van der Waals surface area (Å²) in [5.41, 5.74) is 2.31. The number of likely N-dealkylation sites (N-methyl/N-ethyl adjacent to an activating group) is 1. The molecule has 9 heteroatoms. The van der Waals surface area contributed by atoms with Crippen LogP contribution in [0.2, 0.25) is 0 Å². The van der Waals surface area contributed by atoms with E-state index in [1.54, 1.807) is 12.1 Å². The van der Waals surface area contributed by atoms with Gasteiger partial charge >= 0.3 is 5.97 Å². The number of hydrogen-bond acceptors (Lipinski definition) is 6. The van der Waals surface area contributed by atoms with E-state index in [4.69, 9.17) is 4.74 Å². The van der Waals surface area contributed by atoms with Gasteiger partial charge in [-0.15, -0.1) is 0 Å². The summed E-state index contributed by atoms with van der Waals surface area (Å²) in [5, 5.41) is 2.45. The van der Waals surface area contributed by atoms with Gasteiger partial charge in [-0.05, 0) is 32.4 Å². The molecule has 1 atom stereocenters. The highest BCUT2D eigenvalue weighted by Gasteiger charge is 2.32. The van der Waals surface area contributed by atoms with Gasteiger partial charge in [0.05, 0.1) is 11.5 Å². The fourth-order valence-corrected chi connectivity index (χ4v) is 4.71. The van der Waals surface area contributed by atoms with Crippen LogP contribution in [0.15, 0.2) is 18.2 Å². The molecule has 0 radical (unpaired) electrons. The lowest BCUT2D eigenvalue weighted by molar-refractivity contribution is -0.151. The average molecular weight is 396 g/mol. The van der Waals surface area contributed by atoms with E-state index >= 15 is 0 Å². The van der Waals surface area contributed by atoms with E-state index in [0.717, 1.165) is 11.1 Å². The zero-order chi connectivity index (χ0) is 20.2. The Labute approximate surface area is 158 Å². The number of benzene rings is 1. The highest BCUT2D eigenvalue weighted by molar-refractivity contribution is 7.91. The van der Waals surface area contributed by atoms with Crippen LogP contribution < -0.4 is 5.32 Å². The van der Waals surface area contributed by atoms with Gasteiger partial charge in [-0.1, -0.05) is 17.2 Å². The number of aryl methyl sites for hydroxylation is 2. The van der Waals surface area contributed by atoms with E-state index in [0.29, 0.717) is 12.0 Å². The summed E-state index contributed by atoms with van der Waals surface area (Å²) >= 11 is 0. The summed E-state index contributed by atoms with van der Waals surface area (Å²) in [4.78, 5) is 37.2. The van der Waals surface area contributed by atoms with Gasteiger partial charge in [-0.3, -0.25) is 14.4 Å². The van der Waals surface area contributed by atoms with Crippen molar-refractivity contribution in [2.24, 2.45) is 0 Å². The van der Waals surface area contributed by atoms with E-state index in [2.05, 4.69) is 5.32 Å². The van der Waals surface area contributed by atoms with Crippen molar-refractivity contribution in [3.8, 4) is 0 Å². The van der Waals surface area contributed by atoms with Crippen molar-refractivity contribution in [1.29, 1.82) is 0 Å². The predicted octanol–water partition coefficient (Wildman–Crippen LogP) is 0.222. The second-order valence-electron chi connectivity index (χ2n) is 6.78. The number of nitrogens with one attached hydrogen (secondary N) is 1. The molecular weight excluding hydrogens is 372 g/mol. The van der Waals surface area contributed by atoms with Gasteiger partial charge in [0.1, 0.15) is 6.54 Å². The first-order valence-electron chi connectivity index (χ1n) is 8.55. The first-order valence-corrected chi connectivity index (χ1v) is 10.4. The van der Waals surface area contributed by atoms with Crippen LogP contribution in [0.1, 0.15) is 27.9 Å². The second kappa shape index (κ2) is 8.51. The van der Waals surface area contributed by atoms with Crippen LogP contribution in [0.5, 0.6) is 0 Å². The van der Waals surface area contributed by atoms with Crippen LogP contribution in [0.4, 0.5) is 0 Å². The van der Waals surface area contributed by atoms with Crippen molar-refractivity contribution in [3.63, 3.8) is 0 Å². The van der Waals surface area contributed by atoms with Crippen LogP contribution in [0.25, 0.3) is 0 Å². The maximum Gasteiger partial charge on any atom is 0.325 e. The molecule has 1 aromatic carbocycles. The van der Waals surface area contributed by atoms with E-state index in [9.17, 15) is 22.8 Å². The molecule has 0 bridgehead atoms. The first-order chi connectivity index (χ1) is 12.6. The van der Waals surface area contributed by atoms with Gasteiger partial charge in [0.15, 0.2) is 16.4 Å². The summed E-state index contributed by atoms with van der Waals surface area (Å²) in [7, 11) is -1.62. The minimum Gasteiger partial charge on any atom is -0.454 e. The fourth-order valence-electron chi connectivity index (χ4n) is 2.94. The highest BCUT2D eigenvalue weighted by atomic mass is 32.2. The minimum atomic E-state index is -3.11. The van der Waals surface area contributed by atoms with Gasteiger partial charge in [0, 0.05) is 18.7 Å². The minimum absolute atomic E-state index is 0.0551. The molecule has 0 saturated carbocycles. The third-order valence-corrected chi connectivity index (χ3v) is 6.13. The van der Waals surface area contributed by atoms with E-state index in [1.165, 1.54) is 11.9 Å². The summed E-state index contributed by atoms with van der Waals surface area (Å²) in [6.45, 7) is 2.89. The summed E-state index contributed by atoms with van der Waals surface area (Å²) < 4.78 is 27.8. The first kappa shape index (κ1) is 20.9. The van der Waals surface area contributed by atoms with E-state index in [1.807, 2.05) is 19.9 Å². The predicted molar refractivity (Wildman–Crippen MR) is 99.0 cm³/mol. The number of sulfone groups is 1. The van der Waals surface area contributed by atoms with E-state index in [-0.39, 0.29) is 18.1 Å². The smallest absolute Gasteiger partial charge is 0.325 e. The van der Waals surface area contributed by atoms with Crippen LogP contribution in [-0.2, 0) is 24.2 Å². The molecule has 1 heterocycles. The number of ether oxygens (including phenoxy) is 1. The quantitative estimate of drug-likeness (QED) is 0.689. The molecule has 0 aromatic heterocycles. The summed E-state index contributed by atoms with van der Waals surface area (Å²) in [6.07, 6.45) is 0.379. The molecular formula is C18H24N2O6S. The lowest BCUT2D eigenvalue weighted by Gasteiger charge is -2.23. The molecule has 8 nitrogen and oxygen atoms in total. The Morgan fingerprint density at radius 2 is 1.81 bits per heavy atom. The maximum absolute atomic E-state index is 12.1. The molecule has 0 unspecified atom stereocenters. The zero-order valence-electron chi connectivity index (χ0n) is 15.6. The number of nitrogens with zero attached hydrogens (tertiary/aromatic N) is 1. The van der Waals surface area contributed by atoms with Gasteiger partial charge in [0.25, 0.3) is 11.8 Å². The molecule has 2 amide bonds. The van der Waals surface area contributed by atoms with Crippen molar-refractivity contribution in [3.05, 3.63) is 34.9 Å². The Morgan fingerprint density at radius 1 is 1.19 bits per heavy atom. The second-order valence-corrected chi connectivity index (χ2v) is 9.01. The van der Waals surface area contributed by atoms with Crippen LogP contribution in [0.3, 0.4) is 0 Å². The average Bonchev–Trinajstić information content (AvgIpc) is 2.95. The van der Waals surface area contributed by atoms with Crippen molar-refractivity contribution in [1.82, 2.24) is 10.2 Å². The number of esters is 1. The standard InChI is InChI=1S/C18H24N2O6S/c1-12-6-13(2)8-14(7-12)18(23)19-9-17(22)26-10-16(21)20(3)15-4-5-27(24,25)11-15/h6-8,15H,4-5,9-11H2,1-3H3,(H,19,23)/t15-/m1/s1. The van der Waals surface area contributed by atoms with Crippen molar-refractivity contribution in [2.75, 3.05) is 31.7 Å². The molecule has 1 aromatic rings. The molecule has 1 saturated heterocycles. The van der Waals surface area contributed by atoms with E-state index < -0.39 is 40.3 Å². The molecule has 1 aliphatic heterocycles. The number of rotatable bonds is 6. The number of carbonyl (C=O) groups excluding carboxylic acids is 3. The largest absolute Gasteiger partial charge is 0.454 e. The third-order valence-electron chi connectivity index (χ3n) is 4.38. The van der Waals surface area contributed by atoms with Crippen LogP contribution in [0, 0.1) is 13.8 Å². The Bertz CT molecular complexity index is 829. The number of amides is 2. The molecule has 1 fully saturated rings. The number of carbonyl (C=O) groups is 3. The third kappa shape index (κ3) is 6.06. The molecule has 2 rings (SSSR count). The normalized spacial score (nSPS) is 18.0. The zero-order valence-corrected chi connectivity index (χ0v) is 16.5. The van der Waals surface area contributed by atoms with Gasteiger partial charge in [-0.2, -0.15) is 0 Å². The van der Waals surface area contributed by atoms with Crippen LogP contribution >= 0.6 is 0 Å². The SMILES string of the molecule is Cc1cc(C)cc(C(=O)NCC(=O)OCC(=O)N(C)[C@@H]2CCS(=O)(=O)C2)c1. The number of hydrogen-bond donors (Lipinski definition) is 1. The van der Waals surface area contributed by atoms with Gasteiger partial charge < -0.3 is 15.0 Å². The molecule has 1 aliphatic rings. The molecule has 1 N–H and O–H groups in total. The Balaban J connectivity index is 1.77. The lowest BCUT2D eigenvalue weighted by atomic mass is 10.1. The monoisotopic (exact) mass is 396 g/mol. The topological polar surface area (TPSA) is 110 Å². The van der Waals surface area contributed by atoms with Gasteiger partial charge in [0.2, 0.25) is 0 Å². The summed E-state index contributed by atoms with van der Waals surface area (Å²) in [6, 6.07) is 4.96. The highest BCUT2D eigenvalue weighted by Crippen LogP contribution is 2.16. The lowest BCUT2D eigenvalue weighted by Crippen LogP contribution is -2.41. The Hall–Kier alpha value is -2.42. The Kier molecular flexibility index (Phi) is 6.59. The van der Waals surface area contributed by atoms with Crippen molar-refractivity contribution < 1.29 is 27.5 Å². The molecule has 0 spiro atoms. The molecule has 148 valence electrons. The van der Waals surface area contributed by atoms with Crippen molar-refractivity contribution >= 4 is 27.6 Å². The van der Waals surface area contributed by atoms with Gasteiger partial charge in [-0.25, -0.2) is 8.42 Å². The maximum atomic E-state index is 12.1. The van der Waals surface area contributed by atoms with Crippen molar-refractivity contribution in [2.45, 2.75) is 26.3 Å². The molecule has 27 heavy (non-hydrogen) atoms. The molecule has 0 aliphatic carbocycles. The Morgan fingerprint density at radius 3 is 2.37 bits per heavy atom. The summed E-state index contributed by atoms with van der Waals surface area (Å²) in [5.74, 6) is -1.65. The fraction of sp³-hybridized carbons (Fsp3) is 0.500.